The van der Waals surface area contributed by atoms with E-state index in [1.54, 1.807) is 12.1 Å². The van der Waals surface area contributed by atoms with Gasteiger partial charge in [-0.3, -0.25) is 23.7 Å². The number of halogens is 1. The molecule has 0 aliphatic carbocycles. The van der Waals surface area contributed by atoms with Crippen molar-refractivity contribution in [2.24, 2.45) is 5.92 Å². The Labute approximate surface area is 262 Å². The minimum absolute atomic E-state index is 0.236. The van der Waals surface area contributed by atoms with Gasteiger partial charge in [0.05, 0.1) is 16.6 Å². The molecule has 3 aromatic carbocycles. The number of imide groups is 1. The summed E-state index contributed by atoms with van der Waals surface area (Å²) in [5.74, 6) is -3.03. The zero-order chi connectivity index (χ0) is 31.1. The van der Waals surface area contributed by atoms with Gasteiger partial charge < -0.3 is 10.2 Å². The Hall–Kier alpha value is -4.22. The van der Waals surface area contributed by atoms with Crippen LogP contribution in [-0.4, -0.2) is 40.6 Å². The standard InChI is InChI=1S/C33H31FN4O4S2/c1-4-36(5-2)23-14-8-20(9-15-23)26-27-28(31(41)38(30(27)40)24-16-10-21(34)11-17-24)43-32-29(26)44-33(42)37(32)18-25(39)35-22-12-6-19(3)7-13-22/h6-17,26-28H,4-5,18H2,1-3H3,(H,35,39). The molecule has 1 saturated heterocycles. The maximum absolute atomic E-state index is 14.0. The Morgan fingerprint density at radius 1 is 0.909 bits per heavy atom. The van der Waals surface area contributed by atoms with Crippen molar-refractivity contribution < 1.29 is 18.8 Å². The number of aryl methyl sites for hydroxylation is 1. The molecule has 0 spiro atoms. The molecular formula is C33H31FN4O4S2. The van der Waals surface area contributed by atoms with Crippen LogP contribution in [0.25, 0.3) is 0 Å². The molecule has 0 saturated carbocycles. The van der Waals surface area contributed by atoms with Crippen molar-refractivity contribution in [3.8, 4) is 0 Å². The highest BCUT2D eigenvalue weighted by Crippen LogP contribution is 2.54. The molecule has 0 radical (unpaired) electrons. The third-order valence-corrected chi connectivity index (χ3v) is 10.8. The van der Waals surface area contributed by atoms with Crippen LogP contribution in [0.2, 0.25) is 0 Å². The lowest BCUT2D eigenvalue weighted by atomic mass is 9.83. The SMILES string of the molecule is CCN(CC)c1ccc(C2c3sc(=O)n(CC(=O)Nc4ccc(C)cc4)c3SC3C(=O)N(c4ccc(F)cc4)C(=O)C32)cc1. The predicted molar refractivity (Wildman–Crippen MR) is 172 cm³/mol. The van der Waals surface area contributed by atoms with Gasteiger partial charge in [0.25, 0.3) is 0 Å². The van der Waals surface area contributed by atoms with E-state index in [0.29, 0.717) is 21.3 Å². The summed E-state index contributed by atoms with van der Waals surface area (Å²) >= 11 is 2.16. The third-order valence-electron chi connectivity index (χ3n) is 8.15. The van der Waals surface area contributed by atoms with Crippen LogP contribution in [0.5, 0.6) is 0 Å². The van der Waals surface area contributed by atoms with Crippen molar-refractivity contribution in [2.75, 3.05) is 28.2 Å². The largest absolute Gasteiger partial charge is 0.372 e. The number of anilines is 3. The van der Waals surface area contributed by atoms with Crippen molar-refractivity contribution in [3.63, 3.8) is 0 Å². The number of fused-ring (bicyclic) bond motifs is 2. The molecule has 3 amide bonds. The van der Waals surface area contributed by atoms with E-state index < -0.39 is 34.7 Å². The smallest absolute Gasteiger partial charge is 0.308 e. The number of carbonyl (C=O) groups excluding carboxylic acids is 3. The van der Waals surface area contributed by atoms with E-state index in [9.17, 15) is 23.6 Å². The van der Waals surface area contributed by atoms with E-state index in [1.807, 2.05) is 43.3 Å². The van der Waals surface area contributed by atoms with Crippen molar-refractivity contribution in [1.29, 1.82) is 0 Å². The number of benzene rings is 3. The molecule has 11 heteroatoms. The number of carbonyl (C=O) groups is 3. The second-order valence-corrected chi connectivity index (χ2v) is 13.0. The summed E-state index contributed by atoms with van der Waals surface area (Å²) < 4.78 is 15.1. The summed E-state index contributed by atoms with van der Waals surface area (Å²) in [5, 5.41) is 2.53. The van der Waals surface area contributed by atoms with Crippen molar-refractivity contribution in [1.82, 2.24) is 4.57 Å². The lowest BCUT2D eigenvalue weighted by molar-refractivity contribution is -0.122. The number of hydrogen-bond acceptors (Lipinski definition) is 7. The quantitative estimate of drug-likeness (QED) is 0.254. The van der Waals surface area contributed by atoms with Gasteiger partial charge in [0.2, 0.25) is 17.7 Å². The van der Waals surface area contributed by atoms with E-state index in [4.69, 9.17) is 0 Å². The maximum Gasteiger partial charge on any atom is 0.308 e. The van der Waals surface area contributed by atoms with Crippen LogP contribution < -0.4 is 20.0 Å². The first-order chi connectivity index (χ1) is 21.2. The lowest BCUT2D eigenvalue weighted by Crippen LogP contribution is -2.33. The fourth-order valence-electron chi connectivity index (χ4n) is 5.92. The molecule has 3 heterocycles. The number of amides is 3. The molecule has 4 aromatic rings. The molecule has 44 heavy (non-hydrogen) atoms. The molecule has 1 fully saturated rings. The van der Waals surface area contributed by atoms with Gasteiger partial charge in [-0.2, -0.15) is 0 Å². The fourth-order valence-corrected chi connectivity index (χ4v) is 8.69. The van der Waals surface area contributed by atoms with Crippen LogP contribution in [0, 0.1) is 18.7 Å². The molecular weight excluding hydrogens is 600 g/mol. The lowest BCUT2D eigenvalue weighted by Gasteiger charge is -2.31. The Kier molecular flexibility index (Phi) is 8.17. The van der Waals surface area contributed by atoms with E-state index in [0.717, 1.165) is 57.9 Å². The Bertz CT molecular complexity index is 1780. The van der Waals surface area contributed by atoms with Crippen LogP contribution in [-0.2, 0) is 20.9 Å². The Morgan fingerprint density at radius 3 is 2.20 bits per heavy atom. The first-order valence-corrected chi connectivity index (χ1v) is 16.1. The summed E-state index contributed by atoms with van der Waals surface area (Å²) in [6.45, 7) is 7.54. The number of hydrogen-bond donors (Lipinski definition) is 1. The summed E-state index contributed by atoms with van der Waals surface area (Å²) in [4.78, 5) is 58.1. The highest BCUT2D eigenvalue weighted by Gasteiger charge is 2.56. The molecule has 0 bridgehead atoms. The predicted octanol–water partition coefficient (Wildman–Crippen LogP) is 5.64. The molecule has 8 nitrogen and oxygen atoms in total. The van der Waals surface area contributed by atoms with Gasteiger partial charge in [-0.1, -0.05) is 52.9 Å². The van der Waals surface area contributed by atoms with Crippen molar-refractivity contribution in [2.45, 2.75) is 43.5 Å². The van der Waals surface area contributed by atoms with Crippen molar-refractivity contribution in [3.05, 3.63) is 104 Å². The van der Waals surface area contributed by atoms with Gasteiger partial charge >= 0.3 is 4.87 Å². The van der Waals surface area contributed by atoms with Gasteiger partial charge in [0, 0.05) is 35.3 Å². The number of thioether (sulfide) groups is 1. The second kappa shape index (κ2) is 12.0. The summed E-state index contributed by atoms with van der Waals surface area (Å²) in [6, 6.07) is 20.5. The van der Waals surface area contributed by atoms with Crippen molar-refractivity contribution >= 4 is 57.9 Å². The molecule has 6 rings (SSSR count). The van der Waals surface area contributed by atoms with Gasteiger partial charge in [-0.25, -0.2) is 9.29 Å². The molecule has 3 unspecified atom stereocenters. The Morgan fingerprint density at radius 2 is 1.57 bits per heavy atom. The van der Waals surface area contributed by atoms with Crippen LogP contribution >= 0.6 is 23.1 Å². The van der Waals surface area contributed by atoms with Gasteiger partial charge in [-0.15, -0.1) is 0 Å². The van der Waals surface area contributed by atoms with Gasteiger partial charge in [-0.05, 0) is 74.9 Å². The Balaban J connectivity index is 1.41. The monoisotopic (exact) mass is 630 g/mol. The topological polar surface area (TPSA) is 91.7 Å². The zero-order valence-corrected chi connectivity index (χ0v) is 26.1. The number of nitrogens with zero attached hydrogens (tertiary/aromatic N) is 3. The molecule has 3 atom stereocenters. The number of aromatic nitrogens is 1. The summed E-state index contributed by atoms with van der Waals surface area (Å²) in [7, 11) is 0. The summed E-state index contributed by atoms with van der Waals surface area (Å²) in [5.41, 5.74) is 3.80. The van der Waals surface area contributed by atoms with Gasteiger partial charge in [0.1, 0.15) is 17.6 Å². The second-order valence-electron chi connectivity index (χ2n) is 10.8. The highest BCUT2D eigenvalue weighted by atomic mass is 32.2. The number of nitrogens with one attached hydrogen (secondary N) is 1. The van der Waals surface area contributed by atoms with Crippen LogP contribution in [0.15, 0.2) is 82.6 Å². The summed E-state index contributed by atoms with van der Waals surface area (Å²) in [6.07, 6.45) is 0. The third kappa shape index (κ3) is 5.35. The number of thiazole rings is 1. The average molecular weight is 631 g/mol. The van der Waals surface area contributed by atoms with E-state index in [-0.39, 0.29) is 17.3 Å². The minimum atomic E-state index is -0.826. The minimum Gasteiger partial charge on any atom is -0.372 e. The molecule has 1 N–H and O–H groups in total. The normalized spacial score (nSPS) is 19.1. The van der Waals surface area contributed by atoms with E-state index >= 15 is 0 Å². The first-order valence-electron chi connectivity index (χ1n) is 14.4. The number of rotatable bonds is 8. The van der Waals surface area contributed by atoms with Crippen LogP contribution in [0.1, 0.15) is 35.8 Å². The molecule has 2 aliphatic heterocycles. The fraction of sp³-hybridized carbons (Fsp3) is 0.273. The van der Waals surface area contributed by atoms with Crippen LogP contribution in [0.3, 0.4) is 0 Å². The van der Waals surface area contributed by atoms with E-state index in [2.05, 4.69) is 24.1 Å². The average Bonchev–Trinajstić information content (AvgIpc) is 3.46. The molecule has 226 valence electrons. The van der Waals surface area contributed by atoms with E-state index in [1.165, 1.54) is 28.8 Å². The first kappa shape index (κ1) is 29.8. The zero-order valence-electron chi connectivity index (χ0n) is 24.5. The molecule has 2 aliphatic rings. The van der Waals surface area contributed by atoms with Crippen LogP contribution in [0.4, 0.5) is 21.5 Å². The molecule has 1 aromatic heterocycles. The van der Waals surface area contributed by atoms with Gasteiger partial charge in [0.15, 0.2) is 0 Å². The maximum atomic E-state index is 14.0. The highest BCUT2D eigenvalue weighted by molar-refractivity contribution is 8.00.